The maximum absolute atomic E-state index is 11.1. The summed E-state index contributed by atoms with van der Waals surface area (Å²) in [4.78, 5) is 18.0. The summed E-state index contributed by atoms with van der Waals surface area (Å²) >= 11 is 0. The first kappa shape index (κ1) is 20.5. The number of nitrogens with one attached hydrogen (secondary N) is 1. The van der Waals surface area contributed by atoms with Crippen LogP contribution in [0.2, 0.25) is 0 Å². The molecule has 0 aliphatic carbocycles. The highest BCUT2D eigenvalue weighted by Gasteiger charge is 2.23. The van der Waals surface area contributed by atoms with Crippen LogP contribution in [-0.4, -0.2) is 41.5 Å². The topological polar surface area (TPSA) is 91.0 Å². The lowest BCUT2D eigenvalue weighted by Crippen LogP contribution is -2.47. The molecule has 1 unspecified atom stereocenters. The average molecular weight is 446 g/mol. The van der Waals surface area contributed by atoms with E-state index in [2.05, 4.69) is 15.2 Å². The summed E-state index contributed by atoms with van der Waals surface area (Å²) in [6, 6.07) is 7.08. The number of hydrogen-bond acceptors (Lipinski definition) is 3. The predicted octanol–water partition coefficient (Wildman–Crippen LogP) is 2.06. The molecule has 1 atom stereocenters. The zero-order valence-corrected chi connectivity index (χ0v) is 16.4. The normalized spacial score (nSPS) is 18.0. The van der Waals surface area contributed by atoms with Gasteiger partial charge in [0, 0.05) is 26.1 Å². The fraction of sp³-hybridized carbons (Fsp3) is 0.529. The van der Waals surface area contributed by atoms with Gasteiger partial charge in [-0.15, -0.1) is 24.0 Å². The van der Waals surface area contributed by atoms with Crippen molar-refractivity contribution in [2.45, 2.75) is 32.7 Å². The van der Waals surface area contributed by atoms with Gasteiger partial charge in [-0.25, -0.2) is 4.99 Å². The van der Waals surface area contributed by atoms with Gasteiger partial charge in [-0.1, -0.05) is 12.1 Å². The Balaban J connectivity index is 0.00000288. The molecule has 6 nitrogen and oxygen atoms in total. The van der Waals surface area contributed by atoms with Gasteiger partial charge in [0.05, 0.1) is 6.54 Å². The Labute approximate surface area is 160 Å². The summed E-state index contributed by atoms with van der Waals surface area (Å²) in [5.41, 5.74) is 6.37. The molecule has 1 aliphatic heterocycles. The number of phenolic OH excluding ortho intramolecular Hbond substituents is 1. The zero-order valence-electron chi connectivity index (χ0n) is 14.1. The van der Waals surface area contributed by atoms with Gasteiger partial charge in [-0.3, -0.25) is 4.79 Å². The molecule has 2 rings (SSSR count). The second-order valence-electron chi connectivity index (χ2n) is 5.96. The van der Waals surface area contributed by atoms with Crippen LogP contribution in [0.15, 0.2) is 29.3 Å². The van der Waals surface area contributed by atoms with Crippen LogP contribution in [0, 0.1) is 5.92 Å². The van der Waals surface area contributed by atoms with Crippen LogP contribution in [0.25, 0.3) is 0 Å². The van der Waals surface area contributed by atoms with Gasteiger partial charge in [0.1, 0.15) is 5.75 Å². The third kappa shape index (κ3) is 6.54. The lowest BCUT2D eigenvalue weighted by Gasteiger charge is -2.34. The highest BCUT2D eigenvalue weighted by molar-refractivity contribution is 14.0. The fourth-order valence-corrected chi connectivity index (χ4v) is 2.90. The van der Waals surface area contributed by atoms with E-state index in [1.165, 1.54) is 0 Å². The monoisotopic (exact) mass is 446 g/mol. The Kier molecular flexibility index (Phi) is 8.88. The Morgan fingerprint density at radius 1 is 1.42 bits per heavy atom. The number of nitrogens with zero attached hydrogens (tertiary/aromatic N) is 2. The maximum atomic E-state index is 11.1. The lowest BCUT2D eigenvalue weighted by molar-refractivity contribution is -0.119. The molecule has 1 aromatic carbocycles. The van der Waals surface area contributed by atoms with Gasteiger partial charge >= 0.3 is 0 Å². The number of aliphatic imine (C=N–C) groups is 1. The van der Waals surface area contributed by atoms with Crippen LogP contribution < -0.4 is 11.1 Å². The van der Waals surface area contributed by atoms with Crippen molar-refractivity contribution in [2.75, 3.05) is 19.6 Å². The number of primary amides is 1. The molecule has 0 spiro atoms. The number of carbonyl (C=O) groups is 1. The molecule has 4 N–H and O–H groups in total. The average Bonchev–Trinajstić information content (AvgIpc) is 2.52. The number of hydrogen-bond donors (Lipinski definition) is 3. The van der Waals surface area contributed by atoms with Gasteiger partial charge in [-0.2, -0.15) is 0 Å². The second kappa shape index (κ2) is 10.4. The first-order valence-corrected chi connectivity index (χ1v) is 8.18. The van der Waals surface area contributed by atoms with Crippen LogP contribution in [-0.2, 0) is 11.3 Å². The maximum Gasteiger partial charge on any atom is 0.217 e. The van der Waals surface area contributed by atoms with Crippen molar-refractivity contribution in [3.63, 3.8) is 0 Å². The number of rotatable bonds is 5. The molecule has 1 saturated heterocycles. The quantitative estimate of drug-likeness (QED) is 0.367. The van der Waals surface area contributed by atoms with Crippen molar-refractivity contribution in [1.82, 2.24) is 10.2 Å². The van der Waals surface area contributed by atoms with E-state index in [-0.39, 0.29) is 35.6 Å². The van der Waals surface area contributed by atoms with Crippen molar-refractivity contribution in [3.05, 3.63) is 29.8 Å². The van der Waals surface area contributed by atoms with Crippen LogP contribution >= 0.6 is 24.0 Å². The van der Waals surface area contributed by atoms with Crippen molar-refractivity contribution in [1.29, 1.82) is 0 Å². The number of guanidine groups is 1. The molecule has 0 bridgehead atoms. The Bertz CT molecular complexity index is 548. The molecule has 1 amide bonds. The van der Waals surface area contributed by atoms with E-state index < -0.39 is 0 Å². The molecule has 24 heavy (non-hydrogen) atoms. The van der Waals surface area contributed by atoms with E-state index in [4.69, 9.17) is 5.73 Å². The smallest absolute Gasteiger partial charge is 0.217 e. The zero-order chi connectivity index (χ0) is 16.7. The van der Waals surface area contributed by atoms with Gasteiger partial charge in [0.25, 0.3) is 0 Å². The molecule has 1 aliphatic rings. The van der Waals surface area contributed by atoms with Crippen LogP contribution in [0.3, 0.4) is 0 Å². The predicted molar refractivity (Wildman–Crippen MR) is 106 cm³/mol. The highest BCUT2D eigenvalue weighted by Crippen LogP contribution is 2.19. The Morgan fingerprint density at radius 2 is 2.12 bits per heavy atom. The lowest BCUT2D eigenvalue weighted by atomic mass is 9.95. The number of halogens is 1. The molecule has 0 radical (unpaired) electrons. The van der Waals surface area contributed by atoms with Gasteiger partial charge < -0.3 is 21.1 Å². The number of likely N-dealkylation sites (tertiary alicyclic amines) is 1. The van der Waals surface area contributed by atoms with Crippen molar-refractivity contribution in [2.24, 2.45) is 16.6 Å². The van der Waals surface area contributed by atoms with E-state index in [1.54, 1.807) is 12.1 Å². The highest BCUT2D eigenvalue weighted by atomic mass is 127. The summed E-state index contributed by atoms with van der Waals surface area (Å²) < 4.78 is 0. The molecule has 1 heterocycles. The fourth-order valence-electron chi connectivity index (χ4n) is 2.90. The molecule has 7 heteroatoms. The standard InChI is InChI=1S/C17H26N4O2.HI/c1-2-19-17(20-11-13-5-7-15(22)8-6-13)21-9-3-4-14(12-21)10-16(18)23;/h5-8,14,22H,2-4,9-12H2,1H3,(H2,18,23)(H,19,20);1H. The van der Waals surface area contributed by atoms with Crippen LogP contribution in [0.4, 0.5) is 0 Å². The van der Waals surface area contributed by atoms with E-state index in [9.17, 15) is 9.90 Å². The first-order chi connectivity index (χ1) is 11.1. The summed E-state index contributed by atoms with van der Waals surface area (Å²) in [7, 11) is 0. The van der Waals surface area contributed by atoms with E-state index >= 15 is 0 Å². The van der Waals surface area contributed by atoms with Crippen molar-refractivity contribution >= 4 is 35.8 Å². The summed E-state index contributed by atoms with van der Waals surface area (Å²) in [5, 5.41) is 12.6. The van der Waals surface area contributed by atoms with Crippen molar-refractivity contribution in [3.8, 4) is 5.75 Å². The number of amides is 1. The minimum Gasteiger partial charge on any atom is -0.508 e. The third-order valence-corrected chi connectivity index (χ3v) is 3.99. The summed E-state index contributed by atoms with van der Waals surface area (Å²) in [6.45, 7) is 5.15. The summed E-state index contributed by atoms with van der Waals surface area (Å²) in [5.74, 6) is 1.20. The first-order valence-electron chi connectivity index (χ1n) is 8.18. The third-order valence-electron chi connectivity index (χ3n) is 3.99. The number of carbonyl (C=O) groups excluding carboxylic acids is 1. The number of nitrogens with two attached hydrogens (primary N) is 1. The number of phenols is 1. The van der Waals surface area contributed by atoms with E-state index in [0.717, 1.165) is 44.0 Å². The van der Waals surface area contributed by atoms with Gasteiger partial charge in [0.15, 0.2) is 5.96 Å². The van der Waals surface area contributed by atoms with Gasteiger partial charge in [0.2, 0.25) is 5.91 Å². The SMILES string of the molecule is CCNC(=NCc1ccc(O)cc1)N1CCCC(CC(N)=O)C1.I. The summed E-state index contributed by atoms with van der Waals surface area (Å²) in [6.07, 6.45) is 2.52. The molecule has 0 aromatic heterocycles. The molecule has 0 saturated carbocycles. The largest absolute Gasteiger partial charge is 0.508 e. The molecule has 134 valence electrons. The van der Waals surface area contributed by atoms with E-state index in [0.29, 0.717) is 18.9 Å². The van der Waals surface area contributed by atoms with Crippen LogP contribution in [0.1, 0.15) is 31.7 Å². The van der Waals surface area contributed by atoms with Crippen molar-refractivity contribution < 1.29 is 9.90 Å². The number of aromatic hydroxyl groups is 1. The number of piperidine rings is 1. The molecule has 1 fully saturated rings. The minimum absolute atomic E-state index is 0. The number of benzene rings is 1. The Morgan fingerprint density at radius 3 is 2.75 bits per heavy atom. The molecular weight excluding hydrogens is 419 g/mol. The molecular formula is C17H27IN4O2. The molecule has 1 aromatic rings. The second-order valence-corrected chi connectivity index (χ2v) is 5.96. The van der Waals surface area contributed by atoms with E-state index in [1.807, 2.05) is 19.1 Å². The Hall–Kier alpha value is -1.51. The van der Waals surface area contributed by atoms with Gasteiger partial charge in [-0.05, 0) is 43.4 Å². The van der Waals surface area contributed by atoms with Crippen LogP contribution in [0.5, 0.6) is 5.75 Å². The minimum atomic E-state index is -0.233.